The molecule has 0 unspecified atom stereocenters. The van der Waals surface area contributed by atoms with E-state index in [0.29, 0.717) is 16.2 Å². The number of fused-ring (bicyclic) bond motifs is 1. The smallest absolute Gasteiger partial charge is 0.274 e. The lowest BCUT2D eigenvalue weighted by atomic mass is 10.2. The predicted molar refractivity (Wildman–Crippen MR) is 105 cm³/mol. The molecule has 0 saturated carbocycles. The summed E-state index contributed by atoms with van der Waals surface area (Å²) in [5.74, 6) is 0.377. The van der Waals surface area contributed by atoms with Gasteiger partial charge in [0.05, 0.1) is 11.3 Å². The van der Waals surface area contributed by atoms with Gasteiger partial charge < -0.3 is 10.1 Å². The van der Waals surface area contributed by atoms with Crippen LogP contribution in [0.2, 0.25) is 5.02 Å². The minimum atomic E-state index is -0.365. The molecule has 1 aromatic heterocycles. The van der Waals surface area contributed by atoms with Crippen LogP contribution in [0.5, 0.6) is 5.88 Å². The van der Waals surface area contributed by atoms with Crippen LogP contribution in [0.25, 0.3) is 10.9 Å². The molecule has 2 aromatic carbocycles. The van der Waals surface area contributed by atoms with Crippen LogP contribution < -0.4 is 0 Å². The maximum absolute atomic E-state index is 11.9. The van der Waals surface area contributed by atoms with Crippen molar-refractivity contribution >= 4 is 61.8 Å². The Morgan fingerprint density at radius 1 is 1.28 bits per heavy atom. The number of carbonyl (C=O) groups is 1. The van der Waals surface area contributed by atoms with Crippen LogP contribution in [0, 0.1) is 0 Å². The molecule has 8 heteroatoms. The molecule has 0 fully saturated rings. The van der Waals surface area contributed by atoms with Crippen molar-refractivity contribution in [3.63, 3.8) is 0 Å². The number of aromatic amines is 1. The molecule has 0 aliphatic rings. The number of nitrogens with zero attached hydrogens (tertiary/aromatic N) is 2. The molecule has 25 heavy (non-hydrogen) atoms. The van der Waals surface area contributed by atoms with Crippen molar-refractivity contribution in [3.8, 4) is 5.88 Å². The number of thioether (sulfide) groups is 1. The van der Waals surface area contributed by atoms with E-state index in [1.54, 1.807) is 18.2 Å². The number of rotatable bonds is 5. The molecule has 128 valence electrons. The molecule has 5 nitrogen and oxygen atoms in total. The minimum absolute atomic E-state index is 0.115. The molecule has 2 N–H and O–H groups in total. The van der Waals surface area contributed by atoms with Gasteiger partial charge in [-0.05, 0) is 35.9 Å². The number of aromatic nitrogens is 1. The first-order valence-electron chi connectivity index (χ1n) is 7.30. The van der Waals surface area contributed by atoms with Gasteiger partial charge in [0.2, 0.25) is 5.88 Å². The Bertz CT molecular complexity index is 958. The minimum Gasteiger partial charge on any atom is -0.493 e. The lowest BCUT2D eigenvalue weighted by Gasteiger charge is -2.00. The zero-order valence-electron chi connectivity index (χ0n) is 12.9. The third-order valence-corrected chi connectivity index (χ3v) is 5.08. The van der Waals surface area contributed by atoms with Gasteiger partial charge in [-0.15, -0.1) is 22.0 Å². The predicted octanol–water partition coefficient (Wildman–Crippen LogP) is 5.83. The van der Waals surface area contributed by atoms with Crippen LogP contribution >= 0.6 is 39.3 Å². The number of hydrogen-bond acceptors (Lipinski definition) is 4. The number of nitrogens with one attached hydrogen (secondary N) is 1. The molecule has 0 atom stereocenters. The van der Waals surface area contributed by atoms with Gasteiger partial charge in [0.15, 0.2) is 5.69 Å². The van der Waals surface area contributed by atoms with Crippen molar-refractivity contribution in [2.45, 2.75) is 5.75 Å². The highest BCUT2D eigenvalue weighted by Gasteiger charge is 2.11. The van der Waals surface area contributed by atoms with E-state index in [4.69, 9.17) is 11.6 Å². The second-order valence-electron chi connectivity index (χ2n) is 5.23. The van der Waals surface area contributed by atoms with Crippen molar-refractivity contribution in [1.29, 1.82) is 0 Å². The summed E-state index contributed by atoms with van der Waals surface area (Å²) in [7, 11) is 0. The Kier molecular flexibility index (Phi) is 5.78. The lowest BCUT2D eigenvalue weighted by Crippen LogP contribution is -1.96. The summed E-state index contributed by atoms with van der Waals surface area (Å²) in [6, 6.07) is 12.9. The van der Waals surface area contributed by atoms with Crippen molar-refractivity contribution in [1.82, 2.24) is 4.98 Å². The Labute approximate surface area is 161 Å². The van der Waals surface area contributed by atoms with Crippen LogP contribution in [0.4, 0.5) is 5.69 Å². The first-order chi connectivity index (χ1) is 12.0. The normalized spacial score (nSPS) is 11.4. The first-order valence-corrected chi connectivity index (χ1v) is 9.62. The summed E-state index contributed by atoms with van der Waals surface area (Å²) in [5.41, 5.74) is 2.02. The molecule has 0 saturated heterocycles. The van der Waals surface area contributed by atoms with Crippen molar-refractivity contribution < 1.29 is 9.90 Å². The van der Waals surface area contributed by atoms with Crippen molar-refractivity contribution in [2.75, 3.05) is 5.75 Å². The highest BCUT2D eigenvalue weighted by Crippen LogP contribution is 2.36. The highest BCUT2D eigenvalue weighted by molar-refractivity contribution is 9.10. The number of carbonyl (C=O) groups excluding carboxylic acids is 1. The molecule has 3 rings (SSSR count). The number of aromatic hydroxyl groups is 1. The number of hydrogen-bond donors (Lipinski definition) is 2. The first kappa shape index (κ1) is 18.0. The molecular formula is C17H13BrClN3O2S. The monoisotopic (exact) mass is 437 g/mol. The van der Waals surface area contributed by atoms with Crippen LogP contribution in [0.15, 0.2) is 57.2 Å². The van der Waals surface area contributed by atoms with E-state index in [1.807, 2.05) is 24.3 Å². The van der Waals surface area contributed by atoms with Crippen molar-refractivity contribution in [3.05, 3.63) is 57.5 Å². The average molecular weight is 439 g/mol. The molecule has 0 aliphatic carbocycles. The Balaban J connectivity index is 1.63. The Morgan fingerprint density at radius 3 is 2.92 bits per heavy atom. The van der Waals surface area contributed by atoms with Gasteiger partial charge in [0.1, 0.15) is 0 Å². The molecule has 0 aliphatic heterocycles. The van der Waals surface area contributed by atoms with Gasteiger partial charge >= 0.3 is 0 Å². The van der Waals surface area contributed by atoms with E-state index in [2.05, 4.69) is 31.1 Å². The number of H-pyrrole nitrogens is 1. The summed E-state index contributed by atoms with van der Waals surface area (Å²) < 4.78 is 0.846. The second-order valence-corrected chi connectivity index (χ2v) is 7.57. The van der Waals surface area contributed by atoms with Gasteiger partial charge in [0, 0.05) is 20.6 Å². The lowest BCUT2D eigenvalue weighted by molar-refractivity contribution is -0.115. The summed E-state index contributed by atoms with van der Waals surface area (Å²) >= 11 is 10.7. The van der Waals surface area contributed by atoms with Crippen LogP contribution in [-0.2, 0) is 10.5 Å². The summed E-state index contributed by atoms with van der Waals surface area (Å²) in [6.07, 6.45) is 0. The molecule has 0 bridgehead atoms. The van der Waals surface area contributed by atoms with Gasteiger partial charge in [-0.1, -0.05) is 39.7 Å². The van der Waals surface area contributed by atoms with Gasteiger partial charge in [0.25, 0.3) is 5.91 Å². The fourth-order valence-corrected chi connectivity index (χ4v) is 3.58. The fourth-order valence-electron chi connectivity index (χ4n) is 2.25. The van der Waals surface area contributed by atoms with E-state index in [-0.39, 0.29) is 23.2 Å². The molecule has 1 amide bonds. The highest BCUT2D eigenvalue weighted by atomic mass is 79.9. The number of amides is 1. The quantitative estimate of drug-likeness (QED) is 0.492. The third kappa shape index (κ3) is 4.62. The molecule has 0 spiro atoms. The van der Waals surface area contributed by atoms with Crippen LogP contribution in [-0.4, -0.2) is 21.8 Å². The van der Waals surface area contributed by atoms with Gasteiger partial charge in [-0.3, -0.25) is 4.79 Å². The third-order valence-electron chi connectivity index (χ3n) is 3.36. The maximum Gasteiger partial charge on any atom is 0.274 e. The van der Waals surface area contributed by atoms with Crippen LogP contribution in [0.3, 0.4) is 0 Å². The number of benzene rings is 2. The SMILES string of the molecule is O=C(CSCc1cccc(Cl)c1)N=Nc1c(O)[nH]c2ccc(Br)cc12. The Morgan fingerprint density at radius 2 is 2.12 bits per heavy atom. The molecular weight excluding hydrogens is 426 g/mol. The zero-order chi connectivity index (χ0) is 17.8. The average Bonchev–Trinajstić information content (AvgIpc) is 2.88. The molecule has 1 heterocycles. The van der Waals surface area contributed by atoms with E-state index in [0.717, 1.165) is 15.6 Å². The van der Waals surface area contributed by atoms with Gasteiger partial charge in [-0.2, -0.15) is 0 Å². The van der Waals surface area contributed by atoms with Crippen LogP contribution in [0.1, 0.15) is 5.56 Å². The Hall–Kier alpha value is -1.83. The fraction of sp³-hybridized carbons (Fsp3) is 0.118. The largest absolute Gasteiger partial charge is 0.493 e. The molecule has 0 radical (unpaired) electrons. The van der Waals surface area contributed by atoms with E-state index < -0.39 is 0 Å². The van der Waals surface area contributed by atoms with E-state index in [9.17, 15) is 9.90 Å². The van der Waals surface area contributed by atoms with E-state index in [1.165, 1.54) is 11.8 Å². The van der Waals surface area contributed by atoms with Crippen molar-refractivity contribution in [2.24, 2.45) is 10.2 Å². The summed E-state index contributed by atoms with van der Waals surface area (Å²) in [4.78, 5) is 14.7. The summed E-state index contributed by atoms with van der Waals surface area (Å²) in [5, 5.41) is 18.9. The number of halogens is 2. The topological polar surface area (TPSA) is 77.8 Å². The number of azo groups is 1. The zero-order valence-corrected chi connectivity index (χ0v) is 16.0. The summed E-state index contributed by atoms with van der Waals surface area (Å²) in [6.45, 7) is 0. The maximum atomic E-state index is 11.9. The molecule has 3 aromatic rings. The van der Waals surface area contributed by atoms with Gasteiger partial charge in [-0.25, -0.2) is 0 Å². The standard InChI is InChI=1S/C17H13BrClN3O2S/c18-11-4-5-14-13(7-11)16(17(24)20-14)22-21-15(23)9-25-8-10-2-1-3-12(19)6-10/h1-7,20,24H,8-9H2. The van der Waals surface area contributed by atoms with E-state index >= 15 is 0 Å². The second kappa shape index (κ2) is 8.03.